The average molecular weight is 519 g/mol. The first kappa shape index (κ1) is 29.1. The number of sulfonamides is 1. The van der Waals surface area contributed by atoms with Gasteiger partial charge in [0.1, 0.15) is 5.82 Å². The zero-order valence-electron chi connectivity index (χ0n) is 19.4. The summed E-state index contributed by atoms with van der Waals surface area (Å²) in [5.74, 6) is -0.265. The van der Waals surface area contributed by atoms with Gasteiger partial charge in [-0.2, -0.15) is 0 Å². The number of likely N-dealkylation sites (tertiary alicyclic amines) is 1. The van der Waals surface area contributed by atoms with Gasteiger partial charge in [0, 0.05) is 17.8 Å². The number of aromatic nitrogens is 1. The van der Waals surface area contributed by atoms with E-state index >= 15 is 0 Å². The number of nitrogens with one attached hydrogen (secondary N) is 2. The molecule has 11 heteroatoms. The molecule has 0 aliphatic carbocycles. The number of urea groups is 1. The van der Waals surface area contributed by atoms with E-state index in [9.17, 15) is 17.6 Å². The van der Waals surface area contributed by atoms with E-state index in [1.54, 1.807) is 12.1 Å². The van der Waals surface area contributed by atoms with Crippen LogP contribution in [0.1, 0.15) is 45.1 Å². The van der Waals surface area contributed by atoms with Crippen LogP contribution in [-0.2, 0) is 10.0 Å². The van der Waals surface area contributed by atoms with Crippen molar-refractivity contribution in [3.05, 3.63) is 41.8 Å². The number of anilines is 1. The Morgan fingerprint density at radius 1 is 1.26 bits per heavy atom. The minimum atomic E-state index is -3.86. The van der Waals surface area contributed by atoms with Crippen molar-refractivity contribution < 1.29 is 22.3 Å². The Morgan fingerprint density at radius 3 is 2.53 bits per heavy atom. The topological polar surface area (TPSA) is 101 Å². The van der Waals surface area contributed by atoms with Gasteiger partial charge in [-0.15, -0.1) is 0 Å². The third-order valence-corrected chi connectivity index (χ3v) is 7.72. The van der Waals surface area contributed by atoms with E-state index in [-0.39, 0.29) is 57.3 Å². The predicted molar refractivity (Wildman–Crippen MR) is 134 cm³/mol. The molecule has 0 saturated carbocycles. The van der Waals surface area contributed by atoms with Gasteiger partial charge in [-0.1, -0.05) is 20.8 Å². The number of hydrogen-bond donors (Lipinski definition) is 2. The molecule has 0 atom stereocenters. The number of ether oxygens (including phenoxy) is 1. The van der Waals surface area contributed by atoms with Gasteiger partial charge < -0.3 is 15.0 Å². The molecule has 0 bridgehead atoms. The van der Waals surface area contributed by atoms with Crippen LogP contribution in [0, 0.1) is 5.82 Å². The normalized spacial score (nSPS) is 15.0. The minimum absolute atomic E-state index is 0. The zero-order valence-corrected chi connectivity index (χ0v) is 20.2. The number of nitrogens with zero attached hydrogens (tertiary/aromatic N) is 2. The predicted octanol–water partition coefficient (Wildman–Crippen LogP) is 3.31. The molecule has 2 heterocycles. The first-order valence-corrected chi connectivity index (χ1v) is 12.6. The van der Waals surface area contributed by atoms with E-state index in [0.717, 1.165) is 6.54 Å². The summed E-state index contributed by atoms with van der Waals surface area (Å²) in [4.78, 5) is 19.1. The molecule has 1 aliphatic heterocycles. The molecule has 2 amide bonds. The Kier molecular flexibility index (Phi) is 10.9. The number of amides is 2. The Bertz CT molecular complexity index is 1110. The molecular formula is C23H32FKN4O4S. The summed E-state index contributed by atoms with van der Waals surface area (Å²) in [6, 6.07) is 5.06. The van der Waals surface area contributed by atoms with Gasteiger partial charge in [0.05, 0.1) is 18.0 Å². The Hall–Kier alpha value is -1.08. The van der Waals surface area contributed by atoms with Crippen molar-refractivity contribution >= 4 is 73.1 Å². The van der Waals surface area contributed by atoms with Crippen LogP contribution in [0.15, 0.2) is 30.5 Å². The quantitative estimate of drug-likeness (QED) is 0.546. The number of benzene rings is 1. The van der Waals surface area contributed by atoms with Crippen LogP contribution in [0.2, 0.25) is 0 Å². The van der Waals surface area contributed by atoms with Crippen LogP contribution >= 0.6 is 0 Å². The molecule has 0 radical (unpaired) electrons. The van der Waals surface area contributed by atoms with Crippen LogP contribution in [0.25, 0.3) is 11.1 Å². The van der Waals surface area contributed by atoms with Crippen molar-refractivity contribution in [2.45, 2.75) is 44.8 Å². The molecule has 3 rings (SSSR count). The van der Waals surface area contributed by atoms with E-state index in [0.29, 0.717) is 54.2 Å². The molecule has 1 saturated heterocycles. The molecule has 0 unspecified atom stereocenters. The molecule has 2 aromatic rings. The van der Waals surface area contributed by atoms with Crippen LogP contribution < -0.4 is 14.8 Å². The monoisotopic (exact) mass is 518 g/mol. The van der Waals surface area contributed by atoms with E-state index in [4.69, 9.17) is 4.74 Å². The van der Waals surface area contributed by atoms with Crippen molar-refractivity contribution in [1.82, 2.24) is 14.6 Å². The maximum absolute atomic E-state index is 14.5. The summed E-state index contributed by atoms with van der Waals surface area (Å²) >= 11 is 0. The molecule has 34 heavy (non-hydrogen) atoms. The number of halogens is 1. The van der Waals surface area contributed by atoms with Gasteiger partial charge in [-0.25, -0.2) is 27.3 Å². The third-order valence-electron chi connectivity index (χ3n) is 5.90. The summed E-state index contributed by atoms with van der Waals surface area (Å²) < 4.78 is 47.4. The fraction of sp³-hybridized carbons (Fsp3) is 0.478. The Labute approximate surface area is 243 Å². The SMILES string of the molecule is CCN1CCC(S(=O)(=O)NC(=O)Nc2c(-c3ccnc(OC)c3)cc(F)cc2C(C)C)CC1.[KH]. The van der Waals surface area contributed by atoms with E-state index in [2.05, 4.69) is 19.9 Å². The van der Waals surface area contributed by atoms with Crippen LogP contribution in [0.5, 0.6) is 5.88 Å². The molecule has 1 aromatic heterocycles. The number of carbonyl (C=O) groups is 1. The summed E-state index contributed by atoms with van der Waals surface area (Å²) in [6.07, 6.45) is 2.45. The zero-order chi connectivity index (χ0) is 24.2. The van der Waals surface area contributed by atoms with Crippen LogP contribution in [0.4, 0.5) is 14.9 Å². The molecule has 0 spiro atoms. The van der Waals surface area contributed by atoms with E-state index in [1.807, 2.05) is 20.8 Å². The van der Waals surface area contributed by atoms with Gasteiger partial charge in [0.15, 0.2) is 0 Å². The molecule has 2 N–H and O–H groups in total. The number of methoxy groups -OCH3 is 1. The van der Waals surface area contributed by atoms with Gasteiger partial charge in [-0.05, 0) is 67.7 Å². The summed E-state index contributed by atoms with van der Waals surface area (Å²) in [5.41, 5.74) is 1.87. The molecule has 1 aromatic carbocycles. The average Bonchev–Trinajstić information content (AvgIpc) is 2.79. The second-order valence-electron chi connectivity index (χ2n) is 8.39. The fourth-order valence-electron chi connectivity index (χ4n) is 4.03. The van der Waals surface area contributed by atoms with E-state index < -0.39 is 27.1 Å². The number of hydrogen-bond acceptors (Lipinski definition) is 6. The van der Waals surface area contributed by atoms with Crippen molar-refractivity contribution in [3.63, 3.8) is 0 Å². The standard InChI is InChI=1S/C23H31FN4O4S.K.H/c1-5-28-10-7-18(8-11-28)33(30,31)27-23(29)26-22-19(15(2)3)13-17(24)14-20(22)16-6-9-25-21(12-16)32-4;;/h6,9,12-15,18H,5,7-8,10-11H2,1-4H3,(H2,26,27,29);;. The number of rotatable bonds is 7. The maximum atomic E-state index is 14.5. The summed E-state index contributed by atoms with van der Waals surface area (Å²) in [7, 11) is -2.38. The van der Waals surface area contributed by atoms with Gasteiger partial charge in [-0.3, -0.25) is 0 Å². The molecular weight excluding hydrogens is 486 g/mol. The second-order valence-corrected chi connectivity index (χ2v) is 10.4. The molecule has 8 nitrogen and oxygen atoms in total. The molecule has 182 valence electrons. The first-order valence-electron chi connectivity index (χ1n) is 11.0. The number of carbonyl (C=O) groups excluding carboxylic acids is 1. The number of piperidine rings is 1. The van der Waals surface area contributed by atoms with Gasteiger partial charge in [0.2, 0.25) is 15.9 Å². The van der Waals surface area contributed by atoms with Crippen molar-refractivity contribution in [3.8, 4) is 17.0 Å². The number of pyridine rings is 1. The Balaban J connectivity index is 0.00000408. The Morgan fingerprint density at radius 2 is 1.94 bits per heavy atom. The second kappa shape index (κ2) is 12.7. The molecule has 1 aliphatic rings. The summed E-state index contributed by atoms with van der Waals surface area (Å²) in [5, 5.41) is 2.04. The van der Waals surface area contributed by atoms with Crippen molar-refractivity contribution in [1.29, 1.82) is 0 Å². The third kappa shape index (κ3) is 7.22. The first-order chi connectivity index (χ1) is 15.6. The van der Waals surface area contributed by atoms with Crippen LogP contribution in [0.3, 0.4) is 0 Å². The van der Waals surface area contributed by atoms with Gasteiger partial charge >= 0.3 is 57.4 Å². The molecule has 1 fully saturated rings. The van der Waals surface area contributed by atoms with Crippen LogP contribution in [-0.4, -0.2) is 108 Å². The van der Waals surface area contributed by atoms with Gasteiger partial charge in [0.25, 0.3) is 0 Å². The van der Waals surface area contributed by atoms with Crippen molar-refractivity contribution in [2.75, 3.05) is 32.1 Å². The summed E-state index contributed by atoms with van der Waals surface area (Å²) in [6.45, 7) is 7.98. The van der Waals surface area contributed by atoms with Crippen molar-refractivity contribution in [2.24, 2.45) is 0 Å². The fourth-order valence-corrected chi connectivity index (χ4v) is 5.33. The van der Waals surface area contributed by atoms with E-state index in [1.165, 1.54) is 25.4 Å².